The summed E-state index contributed by atoms with van der Waals surface area (Å²) in [6, 6.07) is 2.07. The number of halogens is 1. The van der Waals surface area contributed by atoms with Gasteiger partial charge >= 0.3 is 0 Å². The molecule has 0 aliphatic heterocycles. The average Bonchev–Trinajstić information content (AvgIpc) is 2.77. The van der Waals surface area contributed by atoms with Crippen molar-refractivity contribution in [2.45, 2.75) is 38.1 Å². The molecule has 1 heterocycles. The van der Waals surface area contributed by atoms with Crippen molar-refractivity contribution in [3.05, 3.63) is 10.0 Å². The van der Waals surface area contributed by atoms with Gasteiger partial charge in [0.25, 0.3) is 0 Å². The van der Waals surface area contributed by atoms with Gasteiger partial charge in [0.2, 0.25) is 0 Å². The van der Waals surface area contributed by atoms with Crippen LogP contribution in [0.4, 0.5) is 5.13 Å². The number of rotatable bonds is 4. The molecule has 0 radical (unpaired) electrons. The highest BCUT2D eigenvalue weighted by molar-refractivity contribution is 7.16. The first-order valence-corrected chi connectivity index (χ1v) is 8.14. The maximum Gasteiger partial charge on any atom is 0.185 e. The van der Waals surface area contributed by atoms with Gasteiger partial charge < -0.3 is 10.2 Å². The fourth-order valence-corrected chi connectivity index (χ4v) is 3.99. The quantitative estimate of drug-likeness (QED) is 0.923. The molecule has 1 fully saturated rings. The third kappa shape index (κ3) is 3.25. The zero-order valence-corrected chi connectivity index (χ0v) is 13.8. The number of nitriles is 1. The van der Waals surface area contributed by atoms with Crippen LogP contribution in [0, 0.1) is 17.2 Å². The van der Waals surface area contributed by atoms with Crippen molar-refractivity contribution in [1.82, 2.24) is 9.88 Å². The SMILES string of the molecule is CC1CCCC(CNc2nc(Cl)c(C#N)s2)(N(C)C)C1. The van der Waals surface area contributed by atoms with Gasteiger partial charge in [-0.3, -0.25) is 0 Å². The lowest BCUT2D eigenvalue weighted by Gasteiger charge is -2.45. The number of hydrogen-bond donors (Lipinski definition) is 1. The van der Waals surface area contributed by atoms with Gasteiger partial charge in [-0.15, -0.1) is 0 Å². The van der Waals surface area contributed by atoms with Gasteiger partial charge in [-0.05, 0) is 32.9 Å². The molecular weight excluding hydrogens is 292 g/mol. The van der Waals surface area contributed by atoms with E-state index in [4.69, 9.17) is 16.9 Å². The van der Waals surface area contributed by atoms with Crippen molar-refractivity contribution in [3.8, 4) is 6.07 Å². The summed E-state index contributed by atoms with van der Waals surface area (Å²) in [7, 11) is 4.30. The van der Waals surface area contributed by atoms with Gasteiger partial charge in [-0.1, -0.05) is 42.7 Å². The lowest BCUT2D eigenvalue weighted by Crippen LogP contribution is -2.52. The van der Waals surface area contributed by atoms with E-state index >= 15 is 0 Å². The number of hydrogen-bond acceptors (Lipinski definition) is 5. The average molecular weight is 313 g/mol. The van der Waals surface area contributed by atoms with Gasteiger partial charge in [0, 0.05) is 12.1 Å². The van der Waals surface area contributed by atoms with Crippen molar-refractivity contribution in [1.29, 1.82) is 5.26 Å². The molecule has 4 nitrogen and oxygen atoms in total. The molecule has 0 spiro atoms. The van der Waals surface area contributed by atoms with Crippen molar-refractivity contribution in [3.63, 3.8) is 0 Å². The van der Waals surface area contributed by atoms with Crippen LogP contribution in [0.25, 0.3) is 0 Å². The molecule has 2 unspecified atom stereocenters. The maximum absolute atomic E-state index is 8.92. The fraction of sp³-hybridized carbons (Fsp3) is 0.714. The molecule has 6 heteroatoms. The van der Waals surface area contributed by atoms with Crippen LogP contribution < -0.4 is 5.32 Å². The second-order valence-corrected chi connectivity index (χ2v) is 7.28. The molecule has 1 aromatic rings. The topological polar surface area (TPSA) is 52.0 Å². The molecule has 1 aliphatic carbocycles. The van der Waals surface area contributed by atoms with Crippen LogP contribution in [0.1, 0.15) is 37.5 Å². The van der Waals surface area contributed by atoms with Crippen LogP contribution in [-0.2, 0) is 0 Å². The first kappa shape index (κ1) is 15.6. The Morgan fingerprint density at radius 3 is 2.90 bits per heavy atom. The monoisotopic (exact) mass is 312 g/mol. The van der Waals surface area contributed by atoms with Crippen LogP contribution >= 0.6 is 22.9 Å². The molecule has 1 aliphatic rings. The van der Waals surface area contributed by atoms with Crippen LogP contribution in [0.2, 0.25) is 5.15 Å². The lowest BCUT2D eigenvalue weighted by molar-refractivity contribution is 0.0882. The van der Waals surface area contributed by atoms with E-state index in [0.29, 0.717) is 10.0 Å². The van der Waals surface area contributed by atoms with Gasteiger partial charge in [-0.25, -0.2) is 4.98 Å². The highest BCUT2D eigenvalue weighted by Gasteiger charge is 2.36. The Labute approximate surface area is 129 Å². The minimum Gasteiger partial charge on any atom is -0.360 e. The number of nitrogens with one attached hydrogen (secondary N) is 1. The highest BCUT2D eigenvalue weighted by atomic mass is 35.5. The van der Waals surface area contributed by atoms with E-state index in [1.54, 1.807) is 0 Å². The van der Waals surface area contributed by atoms with E-state index in [0.717, 1.165) is 17.6 Å². The molecule has 0 saturated heterocycles. The number of nitrogens with zero attached hydrogens (tertiary/aromatic N) is 3. The largest absolute Gasteiger partial charge is 0.360 e. The van der Waals surface area contributed by atoms with Crippen molar-refractivity contribution < 1.29 is 0 Å². The van der Waals surface area contributed by atoms with Crippen molar-refractivity contribution >= 4 is 28.1 Å². The van der Waals surface area contributed by atoms with E-state index in [2.05, 4.69) is 42.3 Å². The number of likely N-dealkylation sites (N-methyl/N-ethyl adjacent to an activating group) is 1. The fourth-order valence-electron chi connectivity index (χ4n) is 3.04. The minimum absolute atomic E-state index is 0.169. The van der Waals surface area contributed by atoms with Gasteiger partial charge in [0.05, 0.1) is 0 Å². The Bertz CT molecular complexity index is 508. The summed E-state index contributed by atoms with van der Waals surface area (Å²) < 4.78 is 0. The van der Waals surface area contributed by atoms with E-state index in [1.165, 1.54) is 37.0 Å². The summed E-state index contributed by atoms with van der Waals surface area (Å²) in [6.07, 6.45) is 4.97. The second kappa shape index (κ2) is 6.30. The molecule has 0 amide bonds. The summed E-state index contributed by atoms with van der Waals surface area (Å²) in [5, 5.41) is 13.3. The van der Waals surface area contributed by atoms with Gasteiger partial charge in [0.15, 0.2) is 10.3 Å². The van der Waals surface area contributed by atoms with Crippen LogP contribution in [-0.4, -0.2) is 36.1 Å². The van der Waals surface area contributed by atoms with Crippen LogP contribution in [0.3, 0.4) is 0 Å². The Hall–Kier alpha value is -0.830. The molecule has 110 valence electrons. The zero-order chi connectivity index (χ0) is 14.8. The molecule has 1 aromatic heterocycles. The molecule has 1 N–H and O–H groups in total. The summed E-state index contributed by atoms with van der Waals surface area (Å²) in [6.45, 7) is 3.17. The predicted molar refractivity (Wildman–Crippen MR) is 84.4 cm³/mol. The normalized spacial score (nSPS) is 26.5. The lowest BCUT2D eigenvalue weighted by atomic mass is 9.75. The first-order valence-electron chi connectivity index (χ1n) is 6.94. The molecule has 2 rings (SSSR count). The summed E-state index contributed by atoms with van der Waals surface area (Å²) in [4.78, 5) is 7.01. The summed E-state index contributed by atoms with van der Waals surface area (Å²) in [5.41, 5.74) is 0.169. The van der Waals surface area contributed by atoms with E-state index in [-0.39, 0.29) is 5.54 Å². The van der Waals surface area contributed by atoms with Crippen molar-refractivity contribution in [2.24, 2.45) is 5.92 Å². The van der Waals surface area contributed by atoms with E-state index < -0.39 is 0 Å². The molecule has 0 bridgehead atoms. The Balaban J connectivity index is 2.07. The van der Waals surface area contributed by atoms with Crippen molar-refractivity contribution in [2.75, 3.05) is 26.0 Å². The number of anilines is 1. The zero-order valence-electron chi connectivity index (χ0n) is 12.2. The molecule has 0 aromatic carbocycles. The first-order chi connectivity index (χ1) is 9.47. The van der Waals surface area contributed by atoms with E-state index in [1.807, 2.05) is 0 Å². The molecule has 2 atom stereocenters. The smallest absolute Gasteiger partial charge is 0.185 e. The Kier molecular flexibility index (Phi) is 4.90. The Morgan fingerprint density at radius 1 is 1.60 bits per heavy atom. The Morgan fingerprint density at radius 2 is 2.35 bits per heavy atom. The number of aromatic nitrogens is 1. The highest BCUT2D eigenvalue weighted by Crippen LogP contribution is 2.36. The van der Waals surface area contributed by atoms with Gasteiger partial charge in [-0.2, -0.15) is 5.26 Å². The standard InChI is InChI=1S/C14H21ClN4S/c1-10-5-4-6-14(7-10,19(2)3)9-17-13-18-12(15)11(8-16)20-13/h10H,4-7,9H2,1-3H3,(H,17,18). The van der Waals surface area contributed by atoms with Crippen LogP contribution in [0.5, 0.6) is 0 Å². The third-order valence-corrected chi connectivity index (χ3v) is 5.58. The second-order valence-electron chi connectivity index (χ2n) is 5.92. The summed E-state index contributed by atoms with van der Waals surface area (Å²) >= 11 is 7.24. The number of thiazole rings is 1. The third-order valence-electron chi connectivity index (χ3n) is 4.27. The molecule has 20 heavy (non-hydrogen) atoms. The maximum atomic E-state index is 8.92. The minimum atomic E-state index is 0.169. The molecule has 1 saturated carbocycles. The predicted octanol–water partition coefficient (Wildman–Crippen LogP) is 3.59. The summed E-state index contributed by atoms with van der Waals surface area (Å²) in [5.74, 6) is 0.752. The van der Waals surface area contributed by atoms with Crippen LogP contribution in [0.15, 0.2) is 0 Å². The van der Waals surface area contributed by atoms with E-state index in [9.17, 15) is 0 Å². The molecular formula is C14H21ClN4S. The van der Waals surface area contributed by atoms with Gasteiger partial charge in [0.1, 0.15) is 10.9 Å².